The summed E-state index contributed by atoms with van der Waals surface area (Å²) in [6, 6.07) is 13.2. The van der Waals surface area contributed by atoms with Crippen molar-refractivity contribution in [3.63, 3.8) is 0 Å². The first-order valence-corrected chi connectivity index (χ1v) is 22.5. The number of hydrogen-bond acceptors (Lipinski definition) is 10. The summed E-state index contributed by atoms with van der Waals surface area (Å²) in [4.78, 5) is 59.9. The number of nitrogens with one attached hydrogen (secondary N) is 4. The summed E-state index contributed by atoms with van der Waals surface area (Å²) >= 11 is 0. The second-order valence-electron chi connectivity index (χ2n) is 17.3. The van der Waals surface area contributed by atoms with Crippen molar-refractivity contribution < 1.29 is 19.2 Å². The standard InChI is InChI=1S/C20H23N5O2.C16H18N4O.C6H15N.C4H5NO.ClH/c21-11-25-15-4-6-18(25)16(10-15)23-19(26)13-1-5-17-12(9-13)7-8-24(17)20(27)22-14-2-3-14;1-17-20-12-3-5-15(20)14(9-12)19-16(21)11-2-4-13-10(8-11)6-7-18-13;1-4-7(5-2)6-3;6-3-5-4-1-2-4;/h1,5,9,14-16,18H,2-4,6-8,10H2,(H,22,27)(H,23,26);2,4,8,12,14-15,18H,3,5-7,9H2,(H,19,21);4-6H2,1-3H3;4H,1-2H2;1H/t15-,16+,18+;12-,14+,15+;;;/m11.../s1. The number of rotatable bonds is 9. The van der Waals surface area contributed by atoms with E-state index in [9.17, 15) is 24.4 Å². The molecule has 16 heteroatoms. The molecule has 2 aromatic rings. The number of fused-ring (bicyclic) bond motifs is 6. The van der Waals surface area contributed by atoms with Crippen LogP contribution in [0.15, 0.2) is 41.4 Å². The third-order valence-corrected chi connectivity index (χ3v) is 13.5. The van der Waals surface area contributed by atoms with Crippen LogP contribution >= 0.6 is 12.4 Å². The predicted molar refractivity (Wildman–Crippen MR) is 241 cm³/mol. The number of halogens is 1. The molecule has 4 amide bonds. The van der Waals surface area contributed by atoms with Crippen molar-refractivity contribution in [2.45, 2.75) is 146 Å². The average molecular weight is 869 g/mol. The first-order chi connectivity index (χ1) is 29.7. The first-order valence-electron chi connectivity index (χ1n) is 22.5. The molecule has 15 nitrogen and oxygen atoms in total. The molecule has 62 heavy (non-hydrogen) atoms. The van der Waals surface area contributed by atoms with Gasteiger partial charge in [-0.3, -0.25) is 14.5 Å². The third-order valence-electron chi connectivity index (χ3n) is 13.5. The number of carbonyl (C=O) groups excluding carboxylic acids is 4. The van der Waals surface area contributed by atoms with Gasteiger partial charge in [-0.05, 0) is 144 Å². The summed E-state index contributed by atoms with van der Waals surface area (Å²) in [5.41, 5.74) is 5.67. The molecule has 6 fully saturated rings. The number of benzene rings is 2. The molecule has 2 saturated carbocycles. The van der Waals surface area contributed by atoms with Gasteiger partial charge in [0, 0.05) is 47.7 Å². The van der Waals surface area contributed by atoms with E-state index in [0.29, 0.717) is 30.2 Å². The van der Waals surface area contributed by atoms with Crippen molar-refractivity contribution in [3.05, 3.63) is 70.2 Å². The van der Waals surface area contributed by atoms with E-state index in [1.54, 1.807) is 11.0 Å². The maximum Gasteiger partial charge on any atom is 0.322 e. The smallest absolute Gasteiger partial charge is 0.322 e. The van der Waals surface area contributed by atoms with E-state index in [4.69, 9.17) is 6.57 Å². The van der Waals surface area contributed by atoms with Crippen LogP contribution in [0.2, 0.25) is 0 Å². The summed E-state index contributed by atoms with van der Waals surface area (Å²) < 4.78 is 0. The van der Waals surface area contributed by atoms with Crippen LogP contribution in [0.25, 0.3) is 4.95 Å². The van der Waals surface area contributed by atoms with E-state index >= 15 is 0 Å². The van der Waals surface area contributed by atoms with Crippen LogP contribution in [-0.4, -0.2) is 120 Å². The number of isocyanates is 1. The van der Waals surface area contributed by atoms with Crippen LogP contribution < -0.4 is 26.2 Å². The summed E-state index contributed by atoms with van der Waals surface area (Å²) in [5, 5.41) is 23.7. The lowest BCUT2D eigenvalue weighted by atomic mass is 9.95. The summed E-state index contributed by atoms with van der Waals surface area (Å²) in [6.45, 7) is 19.0. The number of amides is 4. The summed E-state index contributed by atoms with van der Waals surface area (Å²) in [6.07, 6.45) is 15.7. The average Bonchev–Trinajstić information content (AvgIpc) is 3.88. The predicted octanol–water partition coefficient (Wildman–Crippen LogP) is 5.82. The maximum atomic E-state index is 12.7. The minimum absolute atomic E-state index is 0. The molecule has 6 heterocycles. The van der Waals surface area contributed by atoms with E-state index in [-0.39, 0.29) is 60.5 Å². The lowest BCUT2D eigenvalue weighted by molar-refractivity contribution is 0.0920. The Labute approximate surface area is 372 Å². The Morgan fingerprint density at radius 2 is 1.47 bits per heavy atom. The fraction of sp³-hybridized carbons (Fsp3) is 0.609. The molecule has 2 aromatic carbocycles. The van der Waals surface area contributed by atoms with E-state index in [2.05, 4.69) is 63.1 Å². The van der Waals surface area contributed by atoms with Crippen LogP contribution in [0.5, 0.6) is 0 Å². The number of carbonyl (C=O) groups is 3. The fourth-order valence-corrected chi connectivity index (χ4v) is 9.70. The molecule has 4 saturated heterocycles. The Balaban J connectivity index is 0.000000162. The number of urea groups is 1. The molecule has 6 atom stereocenters. The zero-order valence-corrected chi connectivity index (χ0v) is 37.1. The van der Waals surface area contributed by atoms with Gasteiger partial charge in [0.25, 0.3) is 11.8 Å². The normalized spacial score (nSPS) is 25.0. The first kappa shape index (κ1) is 46.2. The van der Waals surface area contributed by atoms with Crippen molar-refractivity contribution in [1.82, 2.24) is 30.8 Å². The number of nitrogens with zero attached hydrogens (tertiary/aromatic N) is 7. The Kier molecular flexibility index (Phi) is 15.8. The van der Waals surface area contributed by atoms with Crippen molar-refractivity contribution in [1.29, 1.82) is 5.26 Å². The third kappa shape index (κ3) is 10.8. The molecule has 4 N–H and O–H groups in total. The van der Waals surface area contributed by atoms with Crippen molar-refractivity contribution in [2.24, 2.45) is 4.99 Å². The second-order valence-corrected chi connectivity index (χ2v) is 17.3. The molecule has 0 unspecified atom stereocenters. The van der Waals surface area contributed by atoms with Crippen LogP contribution in [0.3, 0.4) is 0 Å². The van der Waals surface area contributed by atoms with Crippen LogP contribution in [0.1, 0.15) is 117 Å². The quantitative estimate of drug-likeness (QED) is 0.105. The van der Waals surface area contributed by atoms with Gasteiger partial charge < -0.3 is 31.1 Å². The zero-order valence-electron chi connectivity index (χ0n) is 36.3. The van der Waals surface area contributed by atoms with Gasteiger partial charge >= 0.3 is 6.03 Å². The molecular formula is C46H62ClN11O4. The number of nitriles is 1. The lowest BCUT2D eigenvalue weighted by Gasteiger charge is -2.22. The highest BCUT2D eigenvalue weighted by molar-refractivity contribution is 5.98. The second kappa shape index (κ2) is 21.2. The highest BCUT2D eigenvalue weighted by Crippen LogP contribution is 2.39. The molecule has 0 spiro atoms. The van der Waals surface area contributed by atoms with Crippen LogP contribution in [0.4, 0.5) is 16.2 Å². The van der Waals surface area contributed by atoms with Gasteiger partial charge in [-0.1, -0.05) is 20.8 Å². The van der Waals surface area contributed by atoms with Gasteiger partial charge in [0.05, 0.1) is 30.2 Å². The van der Waals surface area contributed by atoms with Crippen molar-refractivity contribution >= 4 is 47.7 Å². The van der Waals surface area contributed by atoms with E-state index < -0.39 is 0 Å². The molecule has 2 aliphatic carbocycles. The molecule has 0 radical (unpaired) electrons. The fourth-order valence-electron chi connectivity index (χ4n) is 9.70. The Morgan fingerprint density at radius 1 is 0.839 bits per heavy atom. The number of aliphatic imine (C=N–C) groups is 1. The zero-order chi connectivity index (χ0) is 43.0. The molecule has 6 aliphatic heterocycles. The SMILES string of the molecule is CCN(CC)CC.Cl.N#CN1[C@@H]2CC[C@H]1[C@@H](NC(=O)c1ccc3c(c1)CCN3C(=O)NC1CC1)C2.O=C=NC1CC1.[C-]#[N+]N1[C@@H]2CC[C@H]1[C@@H](NC(=O)c1ccc3c(c1)CCN3)C2. The minimum atomic E-state index is -0.0888. The lowest BCUT2D eigenvalue weighted by Crippen LogP contribution is -2.43. The number of hydrogen-bond donors (Lipinski definition) is 4. The molecule has 332 valence electrons. The van der Waals surface area contributed by atoms with Crippen molar-refractivity contribution in [2.75, 3.05) is 42.9 Å². The largest absolute Gasteiger partial charge is 0.384 e. The van der Waals surface area contributed by atoms with Gasteiger partial charge in [0.15, 0.2) is 6.19 Å². The van der Waals surface area contributed by atoms with Gasteiger partial charge in [-0.25, -0.2) is 14.6 Å². The topological polar surface area (TPSA) is 170 Å². The molecule has 0 aromatic heterocycles. The molecule has 10 rings (SSSR count). The van der Waals surface area contributed by atoms with Gasteiger partial charge in [0.2, 0.25) is 6.08 Å². The Hall–Kier alpha value is -5.34. The van der Waals surface area contributed by atoms with E-state index in [1.165, 1.54) is 31.3 Å². The van der Waals surface area contributed by atoms with Crippen LogP contribution in [-0.2, 0) is 17.6 Å². The number of anilines is 2. The molecular weight excluding hydrogens is 806 g/mol. The Bertz CT molecular complexity index is 2050. The van der Waals surface area contributed by atoms with Gasteiger partial charge in [-0.2, -0.15) is 16.8 Å². The highest BCUT2D eigenvalue weighted by atomic mass is 35.5. The Morgan fingerprint density at radius 3 is 2.03 bits per heavy atom. The van der Waals surface area contributed by atoms with Gasteiger partial charge in [0.1, 0.15) is 6.04 Å². The molecule has 4 bridgehead atoms. The van der Waals surface area contributed by atoms with E-state index in [0.717, 1.165) is 106 Å². The van der Waals surface area contributed by atoms with Crippen LogP contribution in [0, 0.1) is 18.0 Å². The molecule has 8 aliphatic rings. The van der Waals surface area contributed by atoms with Gasteiger partial charge in [-0.15, -0.1) is 17.4 Å². The summed E-state index contributed by atoms with van der Waals surface area (Å²) in [5.74, 6) is -0.0960. The highest BCUT2D eigenvalue weighted by Gasteiger charge is 2.51. The van der Waals surface area contributed by atoms with Crippen molar-refractivity contribution in [3.8, 4) is 6.19 Å². The maximum absolute atomic E-state index is 12.7. The van der Waals surface area contributed by atoms with E-state index in [1.807, 2.05) is 40.2 Å². The summed E-state index contributed by atoms with van der Waals surface area (Å²) in [7, 11) is 0. The minimum Gasteiger partial charge on any atom is -0.384 e. The monoisotopic (exact) mass is 867 g/mol.